The first-order chi connectivity index (χ1) is 9.04. The van der Waals surface area contributed by atoms with E-state index in [1.165, 1.54) is 32.8 Å². The van der Waals surface area contributed by atoms with E-state index in [1.54, 1.807) is 0 Å². The van der Waals surface area contributed by atoms with E-state index in [2.05, 4.69) is 10.1 Å². The van der Waals surface area contributed by atoms with E-state index >= 15 is 0 Å². The average molecular weight is 269 g/mol. The Balaban J connectivity index is 2.53. The number of ketones is 1. The molecule has 4 heteroatoms. The molecule has 0 aromatic carbocycles. The van der Waals surface area contributed by atoms with Crippen LogP contribution in [-0.4, -0.2) is 25.0 Å². The van der Waals surface area contributed by atoms with E-state index in [0.29, 0.717) is 12.3 Å². The third kappa shape index (κ3) is 5.62. The van der Waals surface area contributed by atoms with Crippen molar-refractivity contribution in [1.82, 2.24) is 5.32 Å². The summed E-state index contributed by atoms with van der Waals surface area (Å²) < 4.78 is 4.59. The molecule has 0 heterocycles. The highest BCUT2D eigenvalue weighted by Gasteiger charge is 2.26. The molecule has 4 nitrogen and oxygen atoms in total. The van der Waals surface area contributed by atoms with Crippen molar-refractivity contribution in [3.8, 4) is 0 Å². The molecule has 110 valence electrons. The Morgan fingerprint density at radius 2 is 1.74 bits per heavy atom. The van der Waals surface area contributed by atoms with Crippen LogP contribution in [0.4, 0.5) is 4.79 Å². The van der Waals surface area contributed by atoms with Gasteiger partial charge in [0.2, 0.25) is 0 Å². The minimum absolute atomic E-state index is 0.0948. The van der Waals surface area contributed by atoms with Crippen LogP contribution in [0.15, 0.2) is 0 Å². The van der Waals surface area contributed by atoms with Crippen LogP contribution in [0.3, 0.4) is 0 Å². The van der Waals surface area contributed by atoms with E-state index in [0.717, 1.165) is 12.8 Å². The van der Waals surface area contributed by atoms with E-state index < -0.39 is 12.1 Å². The van der Waals surface area contributed by atoms with Crippen LogP contribution < -0.4 is 5.32 Å². The first kappa shape index (κ1) is 16.0. The van der Waals surface area contributed by atoms with Crippen molar-refractivity contribution in [3.05, 3.63) is 0 Å². The molecule has 0 spiro atoms. The SMILES string of the molecule is COC(=O)NC(C(=O)CC1CCCCCC1)C(C)C. The molecule has 0 saturated heterocycles. The van der Waals surface area contributed by atoms with Crippen molar-refractivity contribution in [2.45, 2.75) is 64.8 Å². The fourth-order valence-corrected chi connectivity index (χ4v) is 2.78. The number of methoxy groups -OCH3 is 1. The van der Waals surface area contributed by atoms with Crippen molar-refractivity contribution in [2.75, 3.05) is 7.11 Å². The number of amides is 1. The molecular formula is C15H27NO3. The maximum absolute atomic E-state index is 12.3. The Morgan fingerprint density at radius 3 is 2.21 bits per heavy atom. The summed E-state index contributed by atoms with van der Waals surface area (Å²) in [6, 6.07) is -0.421. The monoisotopic (exact) mass is 269 g/mol. The molecular weight excluding hydrogens is 242 g/mol. The Hall–Kier alpha value is -1.06. The lowest BCUT2D eigenvalue weighted by Gasteiger charge is -2.22. The second kappa shape index (κ2) is 8.18. The summed E-state index contributed by atoms with van der Waals surface area (Å²) >= 11 is 0. The molecule has 1 amide bonds. The molecule has 1 N–H and O–H groups in total. The summed E-state index contributed by atoms with van der Waals surface area (Å²) in [5.41, 5.74) is 0. The Labute approximate surface area is 116 Å². The van der Waals surface area contributed by atoms with Crippen LogP contribution in [-0.2, 0) is 9.53 Å². The third-order valence-electron chi connectivity index (χ3n) is 3.94. The maximum atomic E-state index is 12.3. The Kier molecular flexibility index (Phi) is 6.89. The molecule has 1 saturated carbocycles. The number of Topliss-reactive ketones (excluding diaryl/α,β-unsaturated/α-hetero) is 1. The largest absolute Gasteiger partial charge is 0.453 e. The Bertz CT molecular complexity index is 294. The number of nitrogens with one attached hydrogen (secondary N) is 1. The fourth-order valence-electron chi connectivity index (χ4n) is 2.78. The van der Waals surface area contributed by atoms with Crippen LogP contribution in [0.5, 0.6) is 0 Å². The van der Waals surface area contributed by atoms with Gasteiger partial charge in [0.15, 0.2) is 5.78 Å². The minimum atomic E-state index is -0.520. The fraction of sp³-hybridized carbons (Fsp3) is 0.867. The zero-order valence-corrected chi connectivity index (χ0v) is 12.4. The van der Waals surface area contributed by atoms with Gasteiger partial charge >= 0.3 is 6.09 Å². The lowest BCUT2D eigenvalue weighted by Crippen LogP contribution is -2.44. The predicted octanol–water partition coefficient (Wildman–Crippen LogP) is 3.30. The van der Waals surface area contributed by atoms with Gasteiger partial charge in [-0.2, -0.15) is 0 Å². The molecule has 1 aliphatic rings. The molecule has 1 atom stereocenters. The topological polar surface area (TPSA) is 55.4 Å². The zero-order valence-electron chi connectivity index (χ0n) is 12.4. The first-order valence-electron chi connectivity index (χ1n) is 7.41. The molecule has 0 bridgehead atoms. The van der Waals surface area contributed by atoms with Crippen molar-refractivity contribution < 1.29 is 14.3 Å². The molecule has 1 aliphatic carbocycles. The quantitative estimate of drug-likeness (QED) is 0.779. The third-order valence-corrected chi connectivity index (χ3v) is 3.94. The maximum Gasteiger partial charge on any atom is 0.407 e. The van der Waals surface area contributed by atoms with Gasteiger partial charge in [0, 0.05) is 6.42 Å². The van der Waals surface area contributed by atoms with E-state index in [9.17, 15) is 9.59 Å². The van der Waals surface area contributed by atoms with E-state index in [1.807, 2.05) is 13.8 Å². The second-order valence-corrected chi connectivity index (χ2v) is 5.89. The van der Waals surface area contributed by atoms with Gasteiger partial charge < -0.3 is 10.1 Å². The molecule has 19 heavy (non-hydrogen) atoms. The summed E-state index contributed by atoms with van der Waals surface area (Å²) in [5.74, 6) is 0.736. The highest BCUT2D eigenvalue weighted by atomic mass is 16.5. The number of hydrogen-bond acceptors (Lipinski definition) is 3. The number of carbonyl (C=O) groups is 2. The summed E-state index contributed by atoms with van der Waals surface area (Å²) in [6.45, 7) is 3.90. The van der Waals surface area contributed by atoms with Gasteiger partial charge in [-0.3, -0.25) is 4.79 Å². The van der Waals surface area contributed by atoms with Crippen LogP contribution in [0.1, 0.15) is 58.8 Å². The molecule has 0 radical (unpaired) electrons. The molecule has 0 aromatic heterocycles. The van der Waals surface area contributed by atoms with Crippen molar-refractivity contribution >= 4 is 11.9 Å². The average Bonchev–Trinajstić information content (AvgIpc) is 2.63. The number of hydrogen-bond donors (Lipinski definition) is 1. The number of carbonyl (C=O) groups excluding carboxylic acids is 2. The Morgan fingerprint density at radius 1 is 1.16 bits per heavy atom. The highest BCUT2D eigenvalue weighted by molar-refractivity contribution is 5.87. The standard InChI is InChI=1S/C15H27NO3/c1-11(2)14(16-15(18)19-3)13(17)10-12-8-6-4-5-7-9-12/h11-12,14H,4-10H2,1-3H3,(H,16,18). The summed E-state index contributed by atoms with van der Waals surface area (Å²) in [5, 5.41) is 2.66. The van der Waals surface area contributed by atoms with Crippen LogP contribution >= 0.6 is 0 Å². The summed E-state index contributed by atoms with van der Waals surface area (Å²) in [7, 11) is 1.32. The molecule has 0 aromatic rings. The summed E-state index contributed by atoms with van der Waals surface area (Å²) in [4.78, 5) is 23.6. The van der Waals surface area contributed by atoms with Gasteiger partial charge in [0.05, 0.1) is 13.2 Å². The van der Waals surface area contributed by atoms with Gasteiger partial charge in [-0.05, 0) is 11.8 Å². The van der Waals surface area contributed by atoms with Crippen molar-refractivity contribution in [2.24, 2.45) is 11.8 Å². The molecule has 1 rings (SSSR count). The number of rotatable bonds is 5. The molecule has 1 fully saturated rings. The normalized spacial score (nSPS) is 18.7. The van der Waals surface area contributed by atoms with Crippen LogP contribution in [0.2, 0.25) is 0 Å². The van der Waals surface area contributed by atoms with E-state index in [4.69, 9.17) is 0 Å². The predicted molar refractivity (Wildman–Crippen MR) is 75.0 cm³/mol. The van der Waals surface area contributed by atoms with E-state index in [-0.39, 0.29) is 11.7 Å². The zero-order chi connectivity index (χ0) is 14.3. The van der Waals surface area contributed by atoms with Crippen molar-refractivity contribution in [3.63, 3.8) is 0 Å². The van der Waals surface area contributed by atoms with Gasteiger partial charge in [0.1, 0.15) is 0 Å². The van der Waals surface area contributed by atoms with Crippen LogP contribution in [0.25, 0.3) is 0 Å². The van der Waals surface area contributed by atoms with Gasteiger partial charge in [-0.15, -0.1) is 0 Å². The van der Waals surface area contributed by atoms with Gasteiger partial charge in [0.25, 0.3) is 0 Å². The first-order valence-corrected chi connectivity index (χ1v) is 7.41. The molecule has 1 unspecified atom stereocenters. The minimum Gasteiger partial charge on any atom is -0.453 e. The molecule has 0 aliphatic heterocycles. The van der Waals surface area contributed by atoms with Gasteiger partial charge in [-0.1, -0.05) is 52.4 Å². The second-order valence-electron chi connectivity index (χ2n) is 5.89. The number of ether oxygens (including phenoxy) is 1. The lowest BCUT2D eigenvalue weighted by atomic mass is 9.89. The number of alkyl carbamates (subject to hydrolysis) is 1. The summed E-state index contributed by atoms with van der Waals surface area (Å²) in [6.07, 6.45) is 7.41. The highest BCUT2D eigenvalue weighted by Crippen LogP contribution is 2.26. The lowest BCUT2D eigenvalue weighted by molar-refractivity contribution is -0.123. The smallest absolute Gasteiger partial charge is 0.407 e. The van der Waals surface area contributed by atoms with Gasteiger partial charge in [-0.25, -0.2) is 4.79 Å². The van der Waals surface area contributed by atoms with Crippen LogP contribution in [0, 0.1) is 11.8 Å². The van der Waals surface area contributed by atoms with Crippen molar-refractivity contribution in [1.29, 1.82) is 0 Å².